The van der Waals surface area contributed by atoms with E-state index in [-0.39, 0.29) is 6.04 Å². The molecule has 2 aromatic rings. The zero-order valence-corrected chi connectivity index (χ0v) is 13.1. The first-order valence-corrected chi connectivity index (χ1v) is 7.25. The van der Waals surface area contributed by atoms with Crippen molar-refractivity contribution < 1.29 is 0 Å². The summed E-state index contributed by atoms with van der Waals surface area (Å²) in [6, 6.07) is 6.38. The van der Waals surface area contributed by atoms with E-state index >= 15 is 0 Å². The summed E-state index contributed by atoms with van der Waals surface area (Å²) in [6.45, 7) is 5.97. The molecule has 0 spiro atoms. The minimum atomic E-state index is 0.171. The first-order valence-electron chi connectivity index (χ1n) is 6.46. The Bertz CT molecular complexity index is 577. The maximum absolute atomic E-state index is 6.08. The maximum Gasteiger partial charge on any atom is 0.148 e. The highest BCUT2D eigenvalue weighted by Crippen LogP contribution is 2.22. The van der Waals surface area contributed by atoms with Crippen molar-refractivity contribution in [3.05, 3.63) is 39.9 Å². The highest BCUT2D eigenvalue weighted by atomic mass is 79.9. The third-order valence-corrected chi connectivity index (χ3v) is 3.65. The van der Waals surface area contributed by atoms with Gasteiger partial charge in [0.15, 0.2) is 0 Å². The lowest BCUT2D eigenvalue weighted by atomic mass is 10.0. The molecule has 102 valence electrons. The summed E-state index contributed by atoms with van der Waals surface area (Å²) < 4.78 is 2.92. The van der Waals surface area contributed by atoms with E-state index in [0.717, 1.165) is 34.7 Å². The molecule has 0 radical (unpaired) electrons. The van der Waals surface area contributed by atoms with Crippen LogP contribution in [0.2, 0.25) is 0 Å². The summed E-state index contributed by atoms with van der Waals surface area (Å²) in [6.07, 6.45) is 1.81. The molecule has 5 heteroatoms. The Labute approximate surface area is 122 Å². The fourth-order valence-electron chi connectivity index (χ4n) is 2.08. The van der Waals surface area contributed by atoms with Crippen molar-refractivity contribution in [3.63, 3.8) is 0 Å². The summed E-state index contributed by atoms with van der Waals surface area (Å²) in [5.74, 6) is 1.67. The van der Waals surface area contributed by atoms with E-state index < -0.39 is 0 Å². The van der Waals surface area contributed by atoms with Crippen LogP contribution in [0, 0.1) is 13.8 Å². The van der Waals surface area contributed by atoms with Crippen LogP contribution in [0.1, 0.15) is 30.6 Å². The van der Waals surface area contributed by atoms with Crippen LogP contribution in [0.25, 0.3) is 5.69 Å². The fraction of sp³-hybridized carbons (Fsp3) is 0.429. The number of benzene rings is 1. The van der Waals surface area contributed by atoms with Gasteiger partial charge in [0.2, 0.25) is 0 Å². The van der Waals surface area contributed by atoms with Crippen molar-refractivity contribution >= 4 is 15.9 Å². The highest BCUT2D eigenvalue weighted by molar-refractivity contribution is 9.10. The smallest absolute Gasteiger partial charge is 0.148 e. The third-order valence-electron chi connectivity index (χ3n) is 3.16. The van der Waals surface area contributed by atoms with Gasteiger partial charge in [-0.3, -0.25) is 0 Å². The molecule has 0 bridgehead atoms. The van der Waals surface area contributed by atoms with Crippen molar-refractivity contribution in [1.82, 2.24) is 14.8 Å². The molecule has 1 aromatic carbocycles. The van der Waals surface area contributed by atoms with Crippen LogP contribution in [0.5, 0.6) is 0 Å². The molecule has 0 aliphatic carbocycles. The van der Waals surface area contributed by atoms with E-state index in [9.17, 15) is 0 Å². The van der Waals surface area contributed by atoms with Crippen LogP contribution in [-0.4, -0.2) is 20.8 Å². The van der Waals surface area contributed by atoms with Crippen molar-refractivity contribution in [1.29, 1.82) is 0 Å². The van der Waals surface area contributed by atoms with Gasteiger partial charge in [-0.25, -0.2) is 9.67 Å². The standard InChI is InChI=1S/C14H19BrN4/c1-4-13(16)7-11-5-6-12(15)8-14(11)19-10(3)17-9(2)18-19/h5-6,8,13H,4,7,16H2,1-3H3. The molecule has 19 heavy (non-hydrogen) atoms. The van der Waals surface area contributed by atoms with E-state index in [4.69, 9.17) is 5.73 Å². The van der Waals surface area contributed by atoms with E-state index in [1.54, 1.807) is 0 Å². The van der Waals surface area contributed by atoms with Gasteiger partial charge in [-0.15, -0.1) is 0 Å². The molecule has 0 fully saturated rings. The molecule has 1 heterocycles. The van der Waals surface area contributed by atoms with E-state index in [0.29, 0.717) is 0 Å². The van der Waals surface area contributed by atoms with Gasteiger partial charge >= 0.3 is 0 Å². The molecule has 4 nitrogen and oxygen atoms in total. The number of aryl methyl sites for hydroxylation is 2. The van der Waals surface area contributed by atoms with Gasteiger partial charge in [0.1, 0.15) is 11.6 Å². The van der Waals surface area contributed by atoms with Crippen molar-refractivity contribution in [2.45, 2.75) is 39.7 Å². The normalized spacial score (nSPS) is 12.7. The summed E-state index contributed by atoms with van der Waals surface area (Å²) in [5.41, 5.74) is 8.33. The van der Waals surface area contributed by atoms with Gasteiger partial charge in [0, 0.05) is 10.5 Å². The van der Waals surface area contributed by atoms with Gasteiger partial charge in [-0.1, -0.05) is 28.9 Å². The first kappa shape index (κ1) is 14.2. The van der Waals surface area contributed by atoms with Crippen LogP contribution >= 0.6 is 15.9 Å². The zero-order chi connectivity index (χ0) is 14.0. The monoisotopic (exact) mass is 322 g/mol. The summed E-state index contributed by atoms with van der Waals surface area (Å²) >= 11 is 3.52. The average Bonchev–Trinajstić information content (AvgIpc) is 2.70. The zero-order valence-electron chi connectivity index (χ0n) is 11.5. The molecule has 2 N–H and O–H groups in total. The second-order valence-corrected chi connectivity index (χ2v) is 5.68. The Morgan fingerprint density at radius 2 is 2.11 bits per heavy atom. The van der Waals surface area contributed by atoms with Gasteiger partial charge in [-0.05, 0) is 44.4 Å². The molecule has 0 saturated carbocycles. The molecule has 1 atom stereocenters. The van der Waals surface area contributed by atoms with Gasteiger partial charge in [0.05, 0.1) is 5.69 Å². The number of aromatic nitrogens is 3. The molecule has 1 aromatic heterocycles. The average molecular weight is 323 g/mol. The molecule has 0 aliphatic rings. The van der Waals surface area contributed by atoms with Crippen LogP contribution < -0.4 is 5.73 Å². The maximum atomic E-state index is 6.08. The second-order valence-electron chi connectivity index (χ2n) is 4.76. The fourth-order valence-corrected chi connectivity index (χ4v) is 2.43. The Balaban J connectivity index is 2.48. The largest absolute Gasteiger partial charge is 0.327 e. The van der Waals surface area contributed by atoms with Crippen molar-refractivity contribution in [2.75, 3.05) is 0 Å². The Morgan fingerprint density at radius 3 is 2.68 bits per heavy atom. The summed E-state index contributed by atoms with van der Waals surface area (Å²) in [4.78, 5) is 4.36. The topological polar surface area (TPSA) is 56.7 Å². The summed E-state index contributed by atoms with van der Waals surface area (Å²) in [7, 11) is 0. The predicted octanol–water partition coefficient (Wildman–Crippen LogP) is 2.93. The highest BCUT2D eigenvalue weighted by Gasteiger charge is 2.12. The number of nitrogens with two attached hydrogens (primary N) is 1. The van der Waals surface area contributed by atoms with E-state index in [1.807, 2.05) is 24.6 Å². The first-order chi connectivity index (χ1) is 9.01. The molecule has 0 amide bonds. The summed E-state index contributed by atoms with van der Waals surface area (Å²) in [5, 5.41) is 4.46. The van der Waals surface area contributed by atoms with Crippen LogP contribution in [0.4, 0.5) is 0 Å². The quantitative estimate of drug-likeness (QED) is 0.941. The number of hydrogen-bond acceptors (Lipinski definition) is 3. The van der Waals surface area contributed by atoms with Crippen molar-refractivity contribution in [3.8, 4) is 5.69 Å². The lowest BCUT2D eigenvalue weighted by molar-refractivity contribution is 0.641. The number of halogens is 1. The Morgan fingerprint density at radius 1 is 1.37 bits per heavy atom. The Hall–Kier alpha value is -1.20. The van der Waals surface area contributed by atoms with Gasteiger partial charge in [0.25, 0.3) is 0 Å². The van der Waals surface area contributed by atoms with Gasteiger partial charge in [-0.2, -0.15) is 5.10 Å². The Kier molecular flexibility index (Phi) is 4.37. The molecule has 0 saturated heterocycles. The van der Waals surface area contributed by atoms with Crippen LogP contribution in [-0.2, 0) is 6.42 Å². The molecule has 0 aliphatic heterocycles. The van der Waals surface area contributed by atoms with E-state index in [1.165, 1.54) is 5.56 Å². The third kappa shape index (κ3) is 3.22. The molecule has 2 rings (SSSR count). The SMILES string of the molecule is CCC(N)Cc1ccc(Br)cc1-n1nc(C)nc1C. The van der Waals surface area contributed by atoms with Crippen LogP contribution in [0.3, 0.4) is 0 Å². The molecular formula is C14H19BrN4. The second kappa shape index (κ2) is 5.84. The minimum absolute atomic E-state index is 0.171. The predicted molar refractivity (Wildman–Crippen MR) is 80.5 cm³/mol. The van der Waals surface area contributed by atoms with Crippen LogP contribution in [0.15, 0.2) is 22.7 Å². The lowest BCUT2D eigenvalue weighted by Crippen LogP contribution is -2.22. The number of rotatable bonds is 4. The number of nitrogens with zero attached hydrogens (tertiary/aromatic N) is 3. The molecule has 1 unspecified atom stereocenters. The molecular weight excluding hydrogens is 304 g/mol. The number of hydrogen-bond donors (Lipinski definition) is 1. The van der Waals surface area contributed by atoms with Crippen molar-refractivity contribution in [2.24, 2.45) is 5.73 Å². The lowest BCUT2D eigenvalue weighted by Gasteiger charge is -2.14. The van der Waals surface area contributed by atoms with Gasteiger partial charge < -0.3 is 5.73 Å². The minimum Gasteiger partial charge on any atom is -0.327 e. The van der Waals surface area contributed by atoms with E-state index in [2.05, 4.69) is 45.1 Å².